The van der Waals surface area contributed by atoms with E-state index in [1.54, 1.807) is 6.20 Å². The number of aliphatic carboxylic acids is 1. The van der Waals surface area contributed by atoms with Crippen molar-refractivity contribution in [3.8, 4) is 0 Å². The number of nitrogens with one attached hydrogen (secondary N) is 4. The summed E-state index contributed by atoms with van der Waals surface area (Å²) in [6.45, 7) is 5.00. The Bertz CT molecular complexity index is 1070. The molecule has 198 valence electrons. The molecule has 11 nitrogen and oxygen atoms in total. The molecule has 1 aromatic carbocycles. The number of aromatic nitrogens is 1. The number of thiol groups is 1. The maximum absolute atomic E-state index is 13.1. The van der Waals surface area contributed by atoms with Crippen molar-refractivity contribution < 1.29 is 29.4 Å². The number of benzene rings is 1. The van der Waals surface area contributed by atoms with E-state index in [-0.39, 0.29) is 24.5 Å². The Balaban J connectivity index is 2.17. The predicted octanol–water partition coefficient (Wildman–Crippen LogP) is -0.0666. The van der Waals surface area contributed by atoms with Crippen LogP contribution in [-0.4, -0.2) is 74.9 Å². The molecule has 2 aromatic rings. The van der Waals surface area contributed by atoms with Crippen LogP contribution in [0.4, 0.5) is 0 Å². The van der Waals surface area contributed by atoms with Gasteiger partial charge in [0, 0.05) is 29.3 Å². The molecule has 0 fully saturated rings. The number of amides is 3. The quantitative estimate of drug-likeness (QED) is 0.169. The van der Waals surface area contributed by atoms with Crippen molar-refractivity contribution in [2.24, 2.45) is 11.7 Å². The second kappa shape index (κ2) is 13.3. The van der Waals surface area contributed by atoms with Crippen molar-refractivity contribution in [1.82, 2.24) is 20.9 Å². The van der Waals surface area contributed by atoms with Crippen molar-refractivity contribution in [3.05, 3.63) is 36.0 Å². The van der Waals surface area contributed by atoms with Gasteiger partial charge in [0.05, 0.1) is 12.1 Å². The number of fused-ring (bicyclic) bond motifs is 1. The Morgan fingerprint density at radius 2 is 1.64 bits per heavy atom. The van der Waals surface area contributed by atoms with Gasteiger partial charge in [-0.1, -0.05) is 32.0 Å². The summed E-state index contributed by atoms with van der Waals surface area (Å²) in [5.74, 6) is -3.39. The zero-order valence-electron chi connectivity index (χ0n) is 20.5. The van der Waals surface area contributed by atoms with Crippen molar-refractivity contribution >= 4 is 47.2 Å². The molecule has 0 aliphatic heterocycles. The first-order chi connectivity index (χ1) is 16.9. The summed E-state index contributed by atoms with van der Waals surface area (Å²) in [7, 11) is 0. The van der Waals surface area contributed by atoms with Gasteiger partial charge in [0.1, 0.15) is 18.1 Å². The van der Waals surface area contributed by atoms with Gasteiger partial charge in [0.15, 0.2) is 0 Å². The van der Waals surface area contributed by atoms with Gasteiger partial charge in [0.2, 0.25) is 17.7 Å². The number of aromatic amines is 1. The number of carboxylic acid groups (broad SMARTS) is 1. The van der Waals surface area contributed by atoms with Crippen LogP contribution in [0.3, 0.4) is 0 Å². The second-order valence-electron chi connectivity index (χ2n) is 9.17. The van der Waals surface area contributed by atoms with Crippen LogP contribution >= 0.6 is 12.6 Å². The largest absolute Gasteiger partial charge is 0.480 e. The third kappa shape index (κ3) is 7.97. The standard InChI is InChI=1S/C24H35N5O6S/c1-12(2)8-18(27-23(33)20(13(3)30)29-21(31)16(25)11-36)22(32)28-19(24(34)35)9-14-10-26-17-7-5-4-6-15(14)17/h4-7,10,12-13,16,18-20,26,30,36H,8-9,11,25H2,1-3H3,(H,27,33)(H,28,32)(H,29,31)(H,34,35). The lowest BCUT2D eigenvalue weighted by Crippen LogP contribution is -2.60. The Hall–Kier alpha value is -3.09. The molecule has 0 saturated carbocycles. The maximum Gasteiger partial charge on any atom is 0.326 e. The number of hydrogen-bond acceptors (Lipinski definition) is 7. The Morgan fingerprint density at radius 3 is 2.22 bits per heavy atom. The van der Waals surface area contributed by atoms with Crippen molar-refractivity contribution in [2.75, 3.05) is 5.75 Å². The molecule has 0 aliphatic rings. The molecule has 8 N–H and O–H groups in total. The minimum atomic E-state index is -1.37. The van der Waals surface area contributed by atoms with Gasteiger partial charge < -0.3 is 36.9 Å². The van der Waals surface area contributed by atoms with Crippen LogP contribution in [0.2, 0.25) is 0 Å². The van der Waals surface area contributed by atoms with Gasteiger partial charge >= 0.3 is 5.97 Å². The monoisotopic (exact) mass is 521 g/mol. The Morgan fingerprint density at radius 1 is 1.00 bits per heavy atom. The number of H-pyrrole nitrogens is 1. The van der Waals surface area contributed by atoms with Crippen LogP contribution in [0.25, 0.3) is 10.9 Å². The van der Waals surface area contributed by atoms with Crippen LogP contribution in [0.15, 0.2) is 30.5 Å². The zero-order chi connectivity index (χ0) is 27.0. The molecule has 12 heteroatoms. The number of hydrogen-bond donors (Lipinski definition) is 8. The third-order valence-electron chi connectivity index (χ3n) is 5.65. The topological polar surface area (TPSA) is 187 Å². The van der Waals surface area contributed by atoms with Gasteiger partial charge in [-0.15, -0.1) is 0 Å². The summed E-state index contributed by atoms with van der Waals surface area (Å²) in [5, 5.41) is 28.1. The summed E-state index contributed by atoms with van der Waals surface area (Å²) in [6.07, 6.45) is 0.651. The first kappa shape index (κ1) is 29.1. The SMILES string of the molecule is CC(C)CC(NC(=O)C(NC(=O)C(N)CS)C(C)O)C(=O)NC(Cc1c[nH]c2ccccc12)C(=O)O. The van der Waals surface area contributed by atoms with E-state index in [0.717, 1.165) is 16.5 Å². The number of nitrogens with two attached hydrogens (primary N) is 1. The summed E-state index contributed by atoms with van der Waals surface area (Å²) in [4.78, 5) is 53.2. The zero-order valence-corrected chi connectivity index (χ0v) is 21.4. The van der Waals surface area contributed by atoms with Crippen molar-refractivity contribution in [2.45, 2.75) is 63.9 Å². The summed E-state index contributed by atoms with van der Waals surface area (Å²) >= 11 is 3.95. The lowest BCUT2D eigenvalue weighted by atomic mass is 10.0. The molecule has 5 atom stereocenters. The molecule has 0 saturated heterocycles. The molecule has 1 aromatic heterocycles. The lowest BCUT2D eigenvalue weighted by molar-refractivity contribution is -0.142. The van der Waals surface area contributed by atoms with Crippen LogP contribution in [-0.2, 0) is 25.6 Å². The van der Waals surface area contributed by atoms with Crippen LogP contribution in [0, 0.1) is 5.92 Å². The molecular weight excluding hydrogens is 486 g/mol. The number of rotatable bonds is 13. The average molecular weight is 522 g/mol. The minimum Gasteiger partial charge on any atom is -0.480 e. The van der Waals surface area contributed by atoms with Gasteiger partial charge in [0.25, 0.3) is 0 Å². The highest BCUT2D eigenvalue weighted by Gasteiger charge is 2.32. The van der Waals surface area contributed by atoms with E-state index in [2.05, 4.69) is 33.6 Å². The summed E-state index contributed by atoms with van der Waals surface area (Å²) in [6, 6.07) is 2.71. The average Bonchev–Trinajstić information content (AvgIpc) is 3.22. The molecule has 0 aliphatic carbocycles. The smallest absolute Gasteiger partial charge is 0.326 e. The molecule has 1 heterocycles. The molecule has 36 heavy (non-hydrogen) atoms. The van der Waals surface area contributed by atoms with Gasteiger partial charge in [-0.2, -0.15) is 12.6 Å². The van der Waals surface area contributed by atoms with Gasteiger partial charge in [-0.3, -0.25) is 14.4 Å². The normalized spacial score (nSPS) is 15.5. The number of carbonyl (C=O) groups excluding carboxylic acids is 3. The first-order valence-electron chi connectivity index (χ1n) is 11.7. The lowest BCUT2D eigenvalue weighted by Gasteiger charge is -2.27. The Labute approximate surface area is 215 Å². The van der Waals surface area contributed by atoms with Crippen LogP contribution < -0.4 is 21.7 Å². The highest BCUT2D eigenvalue weighted by molar-refractivity contribution is 7.80. The number of aliphatic hydroxyl groups excluding tert-OH is 1. The number of aliphatic hydroxyl groups is 1. The maximum atomic E-state index is 13.1. The van der Waals surface area contributed by atoms with Gasteiger partial charge in [-0.25, -0.2) is 4.79 Å². The van der Waals surface area contributed by atoms with E-state index < -0.39 is 54.0 Å². The van der Waals surface area contributed by atoms with E-state index in [9.17, 15) is 29.4 Å². The fourth-order valence-electron chi connectivity index (χ4n) is 3.71. The molecule has 3 amide bonds. The third-order valence-corrected chi connectivity index (χ3v) is 6.04. The molecule has 2 rings (SSSR count). The predicted molar refractivity (Wildman–Crippen MR) is 138 cm³/mol. The van der Waals surface area contributed by atoms with E-state index in [1.807, 2.05) is 38.1 Å². The van der Waals surface area contributed by atoms with Crippen molar-refractivity contribution in [3.63, 3.8) is 0 Å². The van der Waals surface area contributed by atoms with Gasteiger partial charge in [-0.05, 0) is 30.9 Å². The van der Waals surface area contributed by atoms with E-state index in [1.165, 1.54) is 6.92 Å². The highest BCUT2D eigenvalue weighted by atomic mass is 32.1. The molecule has 0 spiro atoms. The second-order valence-corrected chi connectivity index (χ2v) is 9.53. The highest BCUT2D eigenvalue weighted by Crippen LogP contribution is 2.19. The number of para-hydroxylation sites is 1. The molecule has 0 radical (unpaired) electrons. The van der Waals surface area contributed by atoms with Crippen LogP contribution in [0.1, 0.15) is 32.8 Å². The van der Waals surface area contributed by atoms with E-state index >= 15 is 0 Å². The van der Waals surface area contributed by atoms with E-state index in [0.29, 0.717) is 0 Å². The first-order valence-corrected chi connectivity index (χ1v) is 12.3. The number of carboxylic acids is 1. The summed E-state index contributed by atoms with van der Waals surface area (Å²) < 4.78 is 0. The molecule has 0 bridgehead atoms. The fraction of sp³-hybridized carbons (Fsp3) is 0.500. The Kier molecular flexibility index (Phi) is 10.8. The molecular formula is C24H35N5O6S. The summed E-state index contributed by atoms with van der Waals surface area (Å²) in [5.41, 5.74) is 7.20. The van der Waals surface area contributed by atoms with Crippen molar-refractivity contribution in [1.29, 1.82) is 0 Å². The minimum absolute atomic E-state index is 0.0292. The molecule has 5 unspecified atom stereocenters. The van der Waals surface area contributed by atoms with E-state index in [4.69, 9.17) is 5.73 Å². The van der Waals surface area contributed by atoms with Crippen LogP contribution in [0.5, 0.6) is 0 Å². The number of carbonyl (C=O) groups is 4. The fourth-order valence-corrected chi connectivity index (χ4v) is 3.87.